The van der Waals surface area contributed by atoms with Crippen LogP contribution in [0.4, 0.5) is 0 Å². The van der Waals surface area contributed by atoms with Crippen LogP contribution >= 0.6 is 0 Å². The minimum Gasteiger partial charge on any atom is -0.483 e. The zero-order valence-corrected chi connectivity index (χ0v) is 20.1. The smallest absolute Gasteiger partial charge is 0.257 e. The molecule has 2 rings (SSSR count). The highest BCUT2D eigenvalue weighted by atomic mass is 28.4. The number of pyridine rings is 1. The second-order valence-electron chi connectivity index (χ2n) is 8.42. The van der Waals surface area contributed by atoms with Gasteiger partial charge >= 0.3 is 0 Å². The Morgan fingerprint density at radius 3 is 1.97 bits per heavy atom. The summed E-state index contributed by atoms with van der Waals surface area (Å²) in [7, 11) is -1.93. The van der Waals surface area contributed by atoms with Gasteiger partial charge in [0, 0.05) is 0 Å². The maximum atomic E-state index is 6.68. The lowest BCUT2D eigenvalue weighted by Crippen LogP contribution is -2.47. The molecule has 0 amide bonds. The van der Waals surface area contributed by atoms with E-state index in [2.05, 4.69) is 41.5 Å². The SMILES string of the molecule is CCOc1nc(CO[Si](C(C)C)(C(C)C)C(C)C)ccc1OCc1ccccc1. The first-order valence-electron chi connectivity index (χ1n) is 10.7. The van der Waals surface area contributed by atoms with Crippen molar-refractivity contribution in [1.82, 2.24) is 4.98 Å². The Labute approximate surface area is 177 Å². The third-order valence-corrected chi connectivity index (χ3v) is 11.6. The Balaban J connectivity index is 2.16. The van der Waals surface area contributed by atoms with Gasteiger partial charge in [-0.15, -0.1) is 0 Å². The van der Waals surface area contributed by atoms with E-state index in [-0.39, 0.29) is 0 Å². The van der Waals surface area contributed by atoms with Crippen LogP contribution < -0.4 is 9.47 Å². The molecule has 0 bridgehead atoms. The van der Waals surface area contributed by atoms with Crippen LogP contribution in [-0.4, -0.2) is 19.9 Å². The highest BCUT2D eigenvalue weighted by molar-refractivity contribution is 6.77. The van der Waals surface area contributed by atoms with E-state index in [1.54, 1.807) is 0 Å². The molecule has 4 nitrogen and oxygen atoms in total. The molecule has 0 saturated heterocycles. The molecule has 1 aromatic heterocycles. The van der Waals surface area contributed by atoms with Gasteiger partial charge < -0.3 is 13.9 Å². The number of nitrogens with zero attached hydrogens (tertiary/aromatic N) is 1. The van der Waals surface area contributed by atoms with Crippen LogP contribution in [0.15, 0.2) is 42.5 Å². The number of benzene rings is 1. The van der Waals surface area contributed by atoms with E-state index in [9.17, 15) is 0 Å². The summed E-state index contributed by atoms with van der Waals surface area (Å²) in [6, 6.07) is 14.0. The maximum absolute atomic E-state index is 6.68. The molecule has 0 N–H and O–H groups in total. The highest BCUT2D eigenvalue weighted by Crippen LogP contribution is 2.42. The van der Waals surface area contributed by atoms with E-state index >= 15 is 0 Å². The fraction of sp³-hybridized carbons (Fsp3) is 0.542. The molecule has 160 valence electrons. The fourth-order valence-electron chi connectivity index (χ4n) is 4.33. The van der Waals surface area contributed by atoms with Crippen molar-refractivity contribution in [2.24, 2.45) is 0 Å². The van der Waals surface area contributed by atoms with Gasteiger partial charge in [0.2, 0.25) is 8.32 Å². The van der Waals surface area contributed by atoms with Gasteiger partial charge in [0.1, 0.15) is 6.61 Å². The van der Waals surface area contributed by atoms with E-state index in [1.165, 1.54) is 0 Å². The summed E-state index contributed by atoms with van der Waals surface area (Å²) in [4.78, 5) is 4.71. The minimum absolute atomic E-state index is 0.489. The van der Waals surface area contributed by atoms with Crippen LogP contribution in [0.25, 0.3) is 0 Å². The summed E-state index contributed by atoms with van der Waals surface area (Å²) in [5.41, 5.74) is 3.63. The molecule has 0 spiro atoms. The van der Waals surface area contributed by atoms with Crippen molar-refractivity contribution in [1.29, 1.82) is 0 Å². The molecule has 0 radical (unpaired) electrons. The van der Waals surface area contributed by atoms with Crippen molar-refractivity contribution < 1.29 is 13.9 Å². The van der Waals surface area contributed by atoms with Crippen LogP contribution in [0, 0.1) is 0 Å². The lowest BCUT2D eigenvalue weighted by Gasteiger charge is -2.42. The van der Waals surface area contributed by atoms with Crippen molar-refractivity contribution in [3.05, 3.63) is 53.7 Å². The molecule has 0 unspecified atom stereocenters. The Morgan fingerprint density at radius 2 is 1.41 bits per heavy atom. The van der Waals surface area contributed by atoms with Crippen molar-refractivity contribution in [3.63, 3.8) is 0 Å². The topological polar surface area (TPSA) is 40.6 Å². The van der Waals surface area contributed by atoms with Gasteiger partial charge in [-0.2, -0.15) is 0 Å². The highest BCUT2D eigenvalue weighted by Gasteiger charge is 2.45. The van der Waals surface area contributed by atoms with E-state index in [1.807, 2.05) is 49.4 Å². The molecule has 1 aromatic carbocycles. The summed E-state index contributed by atoms with van der Waals surface area (Å²) in [5.74, 6) is 1.20. The summed E-state index contributed by atoms with van der Waals surface area (Å²) in [6.45, 7) is 17.3. The summed E-state index contributed by atoms with van der Waals surface area (Å²) in [5, 5.41) is 0. The molecule has 5 heteroatoms. The van der Waals surface area contributed by atoms with Gasteiger partial charge in [-0.05, 0) is 41.2 Å². The Bertz CT molecular complexity index is 725. The summed E-state index contributed by atoms with van der Waals surface area (Å²) < 4.78 is 18.4. The third-order valence-electron chi connectivity index (χ3n) is 5.58. The lowest BCUT2D eigenvalue weighted by atomic mass is 10.2. The average Bonchev–Trinajstić information content (AvgIpc) is 2.68. The number of hydrogen-bond donors (Lipinski definition) is 0. The van der Waals surface area contributed by atoms with Gasteiger partial charge in [-0.25, -0.2) is 4.98 Å². The Morgan fingerprint density at radius 1 is 0.793 bits per heavy atom. The molecule has 0 saturated carbocycles. The second kappa shape index (κ2) is 10.8. The maximum Gasteiger partial charge on any atom is 0.257 e. The van der Waals surface area contributed by atoms with Crippen molar-refractivity contribution in [2.75, 3.05) is 6.61 Å². The van der Waals surface area contributed by atoms with Gasteiger partial charge in [0.15, 0.2) is 5.75 Å². The molecular weight excluding hydrogens is 378 g/mol. The molecule has 29 heavy (non-hydrogen) atoms. The predicted molar refractivity (Wildman–Crippen MR) is 122 cm³/mol. The van der Waals surface area contributed by atoms with Gasteiger partial charge in [-0.3, -0.25) is 0 Å². The fourth-order valence-corrected chi connectivity index (χ4v) is 9.73. The van der Waals surface area contributed by atoms with Crippen LogP contribution in [0.2, 0.25) is 16.6 Å². The van der Waals surface area contributed by atoms with E-state index in [0.29, 0.717) is 48.1 Å². The molecule has 2 aromatic rings. The molecule has 0 atom stereocenters. The largest absolute Gasteiger partial charge is 0.483 e. The number of ether oxygens (including phenoxy) is 2. The standard InChI is InChI=1S/C24H37NO3Si/c1-8-26-24-23(27-16-21-12-10-9-11-13-21)15-14-22(25-24)17-28-29(18(2)3,19(4)5)20(6)7/h9-15,18-20H,8,16-17H2,1-7H3. The molecule has 1 heterocycles. The second-order valence-corrected chi connectivity index (χ2v) is 13.9. The monoisotopic (exact) mass is 415 g/mol. The zero-order valence-electron chi connectivity index (χ0n) is 19.1. The van der Waals surface area contributed by atoms with Gasteiger partial charge in [0.05, 0.1) is 18.9 Å². The van der Waals surface area contributed by atoms with E-state index in [4.69, 9.17) is 18.9 Å². The number of aromatic nitrogens is 1. The van der Waals surface area contributed by atoms with Crippen molar-refractivity contribution >= 4 is 8.32 Å². The Kier molecular flexibility index (Phi) is 8.72. The van der Waals surface area contributed by atoms with E-state index < -0.39 is 8.32 Å². The number of hydrogen-bond acceptors (Lipinski definition) is 4. The average molecular weight is 416 g/mol. The first kappa shape index (κ1) is 23.4. The van der Waals surface area contributed by atoms with Crippen LogP contribution in [0.5, 0.6) is 11.6 Å². The molecule has 0 aliphatic rings. The predicted octanol–water partition coefficient (Wildman–Crippen LogP) is 6.75. The lowest BCUT2D eigenvalue weighted by molar-refractivity contribution is 0.247. The minimum atomic E-state index is -1.93. The van der Waals surface area contributed by atoms with Crippen molar-refractivity contribution in [3.8, 4) is 11.6 Å². The third kappa shape index (κ3) is 5.83. The van der Waals surface area contributed by atoms with Crippen LogP contribution in [-0.2, 0) is 17.6 Å². The molecule has 0 aliphatic heterocycles. The van der Waals surface area contributed by atoms with E-state index in [0.717, 1.165) is 11.3 Å². The molecule has 0 aliphatic carbocycles. The van der Waals surface area contributed by atoms with Crippen LogP contribution in [0.3, 0.4) is 0 Å². The molecule has 0 fully saturated rings. The quantitative estimate of drug-likeness (QED) is 0.381. The van der Waals surface area contributed by atoms with Crippen LogP contribution in [0.1, 0.15) is 59.7 Å². The summed E-state index contributed by atoms with van der Waals surface area (Å²) >= 11 is 0. The first-order valence-corrected chi connectivity index (χ1v) is 12.9. The normalized spacial score (nSPS) is 12.1. The van der Waals surface area contributed by atoms with Gasteiger partial charge in [0.25, 0.3) is 5.88 Å². The van der Waals surface area contributed by atoms with Crippen molar-refractivity contribution in [2.45, 2.75) is 78.3 Å². The Hall–Kier alpha value is -1.85. The molecular formula is C24H37NO3Si. The first-order chi connectivity index (χ1) is 13.8. The number of rotatable bonds is 11. The summed E-state index contributed by atoms with van der Waals surface area (Å²) in [6.07, 6.45) is 0. The zero-order chi connectivity index (χ0) is 21.4. The van der Waals surface area contributed by atoms with Gasteiger partial charge in [-0.1, -0.05) is 71.9 Å².